The molecule has 1 aliphatic heterocycles. The fourth-order valence-corrected chi connectivity index (χ4v) is 3.27. The summed E-state index contributed by atoms with van der Waals surface area (Å²) in [6, 6.07) is 6.03. The maximum absolute atomic E-state index is 13.0. The first-order valence-electron chi connectivity index (χ1n) is 6.59. The Morgan fingerprint density at radius 2 is 2.20 bits per heavy atom. The Morgan fingerprint density at radius 1 is 1.45 bits per heavy atom. The molecule has 1 fully saturated rings. The molecule has 1 aliphatic rings. The molecule has 0 atom stereocenters. The van der Waals surface area contributed by atoms with Crippen LogP contribution in [0.15, 0.2) is 30.3 Å². The molecule has 20 heavy (non-hydrogen) atoms. The van der Waals surface area contributed by atoms with Gasteiger partial charge in [0, 0.05) is 12.6 Å². The highest BCUT2D eigenvalue weighted by molar-refractivity contribution is 7.99. The first-order valence-corrected chi connectivity index (χ1v) is 7.75. The second-order valence-electron chi connectivity index (χ2n) is 4.94. The Balaban J connectivity index is 1.83. The van der Waals surface area contributed by atoms with Crippen molar-refractivity contribution in [1.82, 2.24) is 5.32 Å². The van der Waals surface area contributed by atoms with Gasteiger partial charge in [-0.1, -0.05) is 12.1 Å². The van der Waals surface area contributed by atoms with E-state index in [1.807, 2.05) is 11.8 Å². The van der Waals surface area contributed by atoms with Gasteiger partial charge in [0.05, 0.1) is 5.60 Å². The number of carbonyl (C=O) groups is 1. The standard InChI is InChI=1S/C15H18FNO2S/c16-13-3-1-2-12(10-13)4-5-14(18)17-11-15(19)6-8-20-9-7-15/h1-5,10,19H,6-9,11H2,(H,17,18). The van der Waals surface area contributed by atoms with E-state index in [9.17, 15) is 14.3 Å². The third-order valence-corrected chi connectivity index (χ3v) is 4.28. The highest BCUT2D eigenvalue weighted by atomic mass is 32.2. The van der Waals surface area contributed by atoms with Crippen LogP contribution in [0.5, 0.6) is 0 Å². The first-order chi connectivity index (χ1) is 9.57. The summed E-state index contributed by atoms with van der Waals surface area (Å²) >= 11 is 1.82. The van der Waals surface area contributed by atoms with Crippen LogP contribution in [-0.4, -0.2) is 34.7 Å². The van der Waals surface area contributed by atoms with E-state index in [1.165, 1.54) is 18.2 Å². The quantitative estimate of drug-likeness (QED) is 0.837. The van der Waals surface area contributed by atoms with Crippen LogP contribution in [0, 0.1) is 5.82 Å². The minimum Gasteiger partial charge on any atom is -0.388 e. The molecule has 0 aromatic heterocycles. The van der Waals surface area contributed by atoms with Crippen LogP contribution < -0.4 is 5.32 Å². The van der Waals surface area contributed by atoms with Crippen LogP contribution in [0.3, 0.4) is 0 Å². The Labute approximate surface area is 122 Å². The molecule has 3 nitrogen and oxygen atoms in total. The fourth-order valence-electron chi connectivity index (χ4n) is 2.02. The number of aliphatic hydroxyl groups is 1. The Bertz CT molecular complexity index is 498. The summed E-state index contributed by atoms with van der Waals surface area (Å²) < 4.78 is 13.0. The lowest BCUT2D eigenvalue weighted by molar-refractivity contribution is -0.117. The molecule has 1 aromatic rings. The van der Waals surface area contributed by atoms with Crippen molar-refractivity contribution in [3.05, 3.63) is 41.7 Å². The lowest BCUT2D eigenvalue weighted by atomic mass is 9.97. The Hall–Kier alpha value is -1.33. The highest BCUT2D eigenvalue weighted by Crippen LogP contribution is 2.26. The summed E-state index contributed by atoms with van der Waals surface area (Å²) in [5.74, 6) is 1.24. The van der Waals surface area contributed by atoms with E-state index in [-0.39, 0.29) is 18.3 Å². The second kappa shape index (κ2) is 6.90. The van der Waals surface area contributed by atoms with Gasteiger partial charge in [-0.2, -0.15) is 11.8 Å². The van der Waals surface area contributed by atoms with E-state index < -0.39 is 5.60 Å². The number of hydrogen-bond donors (Lipinski definition) is 2. The fraction of sp³-hybridized carbons (Fsp3) is 0.400. The number of thioether (sulfide) groups is 1. The summed E-state index contributed by atoms with van der Waals surface area (Å²) in [6.45, 7) is 0.264. The smallest absolute Gasteiger partial charge is 0.244 e. The second-order valence-corrected chi connectivity index (χ2v) is 6.17. The van der Waals surface area contributed by atoms with E-state index in [2.05, 4.69) is 5.32 Å². The van der Waals surface area contributed by atoms with E-state index in [0.717, 1.165) is 11.5 Å². The lowest BCUT2D eigenvalue weighted by Gasteiger charge is -2.31. The van der Waals surface area contributed by atoms with Crippen molar-refractivity contribution in [2.45, 2.75) is 18.4 Å². The van der Waals surface area contributed by atoms with Gasteiger partial charge >= 0.3 is 0 Å². The minimum atomic E-state index is -0.784. The van der Waals surface area contributed by atoms with Crippen LogP contribution in [0.25, 0.3) is 6.08 Å². The Kier molecular flexibility index (Phi) is 5.20. The van der Waals surface area contributed by atoms with Crippen molar-refractivity contribution in [2.24, 2.45) is 0 Å². The first kappa shape index (κ1) is 15.1. The maximum Gasteiger partial charge on any atom is 0.244 e. The maximum atomic E-state index is 13.0. The van der Waals surface area contributed by atoms with E-state index in [1.54, 1.807) is 18.2 Å². The van der Waals surface area contributed by atoms with Gasteiger partial charge < -0.3 is 10.4 Å². The monoisotopic (exact) mass is 295 g/mol. The third kappa shape index (κ3) is 4.65. The zero-order valence-corrected chi connectivity index (χ0v) is 12.0. The van der Waals surface area contributed by atoms with E-state index in [4.69, 9.17) is 0 Å². The number of amides is 1. The topological polar surface area (TPSA) is 49.3 Å². The summed E-state index contributed by atoms with van der Waals surface area (Å²) in [5, 5.41) is 12.9. The van der Waals surface area contributed by atoms with Crippen LogP contribution in [0.2, 0.25) is 0 Å². The SMILES string of the molecule is O=C(C=Cc1cccc(F)c1)NCC1(O)CCSCC1. The number of nitrogens with one attached hydrogen (secondary N) is 1. The average molecular weight is 295 g/mol. The summed E-state index contributed by atoms with van der Waals surface area (Å²) in [6.07, 6.45) is 4.31. The van der Waals surface area contributed by atoms with Crippen LogP contribution in [0.4, 0.5) is 4.39 Å². The predicted octanol–water partition coefficient (Wildman–Crippen LogP) is 2.21. The molecular weight excluding hydrogens is 277 g/mol. The summed E-state index contributed by atoms with van der Waals surface area (Å²) in [4.78, 5) is 11.7. The van der Waals surface area contributed by atoms with Gasteiger partial charge in [-0.25, -0.2) is 4.39 Å². The highest BCUT2D eigenvalue weighted by Gasteiger charge is 2.29. The number of halogens is 1. The molecule has 0 bridgehead atoms. The molecule has 0 saturated carbocycles. The summed E-state index contributed by atoms with van der Waals surface area (Å²) in [5.41, 5.74) is -0.152. The predicted molar refractivity (Wildman–Crippen MR) is 80.0 cm³/mol. The zero-order chi connectivity index (χ0) is 14.4. The number of rotatable bonds is 4. The number of carbonyl (C=O) groups excluding carboxylic acids is 1. The molecule has 0 aliphatic carbocycles. The lowest BCUT2D eigenvalue weighted by Crippen LogP contribution is -2.44. The molecule has 1 heterocycles. The van der Waals surface area contributed by atoms with Crippen molar-refractivity contribution in [1.29, 1.82) is 0 Å². The number of hydrogen-bond acceptors (Lipinski definition) is 3. The molecule has 5 heteroatoms. The van der Waals surface area contributed by atoms with Crippen molar-refractivity contribution in [2.75, 3.05) is 18.1 Å². The molecular formula is C15H18FNO2S. The van der Waals surface area contributed by atoms with Crippen molar-refractivity contribution in [3.63, 3.8) is 0 Å². The van der Waals surface area contributed by atoms with Gasteiger partial charge in [-0.15, -0.1) is 0 Å². The van der Waals surface area contributed by atoms with E-state index in [0.29, 0.717) is 18.4 Å². The molecule has 1 amide bonds. The van der Waals surface area contributed by atoms with Gasteiger partial charge in [0.15, 0.2) is 0 Å². The van der Waals surface area contributed by atoms with Gasteiger partial charge in [-0.3, -0.25) is 4.79 Å². The van der Waals surface area contributed by atoms with Gasteiger partial charge in [0.25, 0.3) is 0 Å². The minimum absolute atomic E-state index is 0.264. The third-order valence-electron chi connectivity index (χ3n) is 3.29. The van der Waals surface area contributed by atoms with Crippen LogP contribution in [0.1, 0.15) is 18.4 Å². The zero-order valence-electron chi connectivity index (χ0n) is 11.1. The molecule has 2 rings (SSSR count). The van der Waals surface area contributed by atoms with Crippen molar-refractivity contribution >= 4 is 23.7 Å². The molecule has 1 saturated heterocycles. The van der Waals surface area contributed by atoms with Gasteiger partial charge in [0.2, 0.25) is 5.91 Å². The van der Waals surface area contributed by atoms with Crippen molar-refractivity contribution < 1.29 is 14.3 Å². The van der Waals surface area contributed by atoms with Crippen molar-refractivity contribution in [3.8, 4) is 0 Å². The Morgan fingerprint density at radius 3 is 2.90 bits per heavy atom. The molecule has 0 unspecified atom stereocenters. The average Bonchev–Trinajstić information content (AvgIpc) is 2.44. The number of benzene rings is 1. The normalized spacial score (nSPS) is 18.1. The van der Waals surface area contributed by atoms with Crippen LogP contribution in [-0.2, 0) is 4.79 Å². The summed E-state index contributed by atoms with van der Waals surface area (Å²) in [7, 11) is 0. The molecule has 1 aromatic carbocycles. The van der Waals surface area contributed by atoms with Gasteiger partial charge in [-0.05, 0) is 48.1 Å². The van der Waals surface area contributed by atoms with Gasteiger partial charge in [0.1, 0.15) is 5.82 Å². The van der Waals surface area contributed by atoms with Crippen LogP contribution >= 0.6 is 11.8 Å². The molecule has 2 N–H and O–H groups in total. The molecule has 0 spiro atoms. The molecule has 108 valence electrons. The van der Waals surface area contributed by atoms with E-state index >= 15 is 0 Å². The molecule has 0 radical (unpaired) electrons. The largest absolute Gasteiger partial charge is 0.388 e.